The number of hydrogen-bond donors (Lipinski definition) is 0. The number of para-hydroxylation sites is 1. The minimum absolute atomic E-state index is 0.00566. The number of aryl methyl sites for hydroxylation is 1. The van der Waals surface area contributed by atoms with E-state index in [0.717, 1.165) is 50.6 Å². The highest BCUT2D eigenvalue weighted by molar-refractivity contribution is 7.91. The van der Waals surface area contributed by atoms with Crippen molar-refractivity contribution in [1.29, 1.82) is 0 Å². The normalized spacial score (nSPS) is 22.9. The van der Waals surface area contributed by atoms with Crippen molar-refractivity contribution in [2.75, 3.05) is 4.90 Å². The summed E-state index contributed by atoms with van der Waals surface area (Å²) in [6, 6.07) is 28.9. The fourth-order valence-electron chi connectivity index (χ4n) is 8.18. The molecule has 3 aliphatic rings. The minimum Gasteiger partial charge on any atom is -0.468 e. The molecule has 0 unspecified atom stereocenters. The van der Waals surface area contributed by atoms with Crippen LogP contribution >= 0.6 is 0 Å². The molecule has 0 N–H and O–H groups in total. The lowest BCUT2D eigenvalue weighted by Crippen LogP contribution is -2.41. The number of sulfone groups is 1. The standard InChI is InChI=1S/C46H49N3O3S/c1-28(2)30-22-31(42-48-46(10)36-16-13-14-29(3)35(36)27-45(46,9)52-42)24-34(23-30)53(50,51)33-18-19-38-40(26-33)49(39-17-12-11-15-37(39)44(38,7)8)41-25-32(20-21-47-41)43(4,5)6/h11-26,28H,27H2,1-10H3/t45-,46+/m0/s1/i27D2. The fourth-order valence-corrected chi connectivity index (χ4v) is 9.54. The number of hydrogen-bond acceptors (Lipinski definition) is 6. The fraction of sp³-hybridized carbons (Fsp3) is 0.348. The average Bonchev–Trinajstić information content (AvgIpc) is 3.49. The van der Waals surface area contributed by atoms with Gasteiger partial charge in [-0.2, -0.15) is 0 Å². The Morgan fingerprint density at radius 3 is 2.28 bits per heavy atom. The van der Waals surface area contributed by atoms with Gasteiger partial charge in [0.25, 0.3) is 0 Å². The van der Waals surface area contributed by atoms with E-state index >= 15 is 0 Å². The summed E-state index contributed by atoms with van der Waals surface area (Å²) in [6.45, 7) is 20.5. The largest absolute Gasteiger partial charge is 0.468 e. The van der Waals surface area contributed by atoms with Gasteiger partial charge in [0.2, 0.25) is 15.7 Å². The average molecular weight is 726 g/mol. The van der Waals surface area contributed by atoms with Crippen LogP contribution in [0.2, 0.25) is 0 Å². The van der Waals surface area contributed by atoms with Crippen molar-refractivity contribution in [3.8, 4) is 0 Å². The maximum atomic E-state index is 14.9. The van der Waals surface area contributed by atoms with Crippen molar-refractivity contribution in [3.05, 3.63) is 142 Å². The number of nitrogens with zero attached hydrogens (tertiary/aromatic N) is 3. The zero-order chi connectivity index (χ0) is 39.7. The predicted molar refractivity (Wildman–Crippen MR) is 214 cm³/mol. The molecule has 8 rings (SSSR count). The number of aliphatic imine (C=N–C) groups is 1. The molecule has 0 saturated carbocycles. The maximum absolute atomic E-state index is 14.9. The first-order valence-corrected chi connectivity index (χ1v) is 19.9. The molecule has 272 valence electrons. The Morgan fingerprint density at radius 2 is 1.55 bits per heavy atom. The molecule has 3 heterocycles. The Bertz CT molecular complexity index is 2570. The first kappa shape index (κ1) is 32.9. The molecule has 1 aliphatic carbocycles. The molecular weight excluding hydrogens is 675 g/mol. The van der Waals surface area contributed by atoms with Gasteiger partial charge in [0.05, 0.1) is 21.2 Å². The lowest BCUT2D eigenvalue weighted by Gasteiger charge is -2.41. The molecule has 2 aliphatic heterocycles. The molecule has 2 atom stereocenters. The molecule has 5 aromatic rings. The third kappa shape index (κ3) is 5.29. The van der Waals surface area contributed by atoms with Crippen molar-refractivity contribution < 1.29 is 15.9 Å². The summed E-state index contributed by atoms with van der Waals surface area (Å²) in [7, 11) is -4.09. The molecule has 0 spiro atoms. The molecule has 0 amide bonds. The molecule has 1 aromatic heterocycles. The van der Waals surface area contributed by atoms with Crippen molar-refractivity contribution in [3.63, 3.8) is 0 Å². The Kier molecular flexibility index (Phi) is 7.21. The van der Waals surface area contributed by atoms with E-state index in [2.05, 4.69) is 57.7 Å². The number of fused-ring (bicyclic) bond motifs is 5. The highest BCUT2D eigenvalue weighted by atomic mass is 32.2. The SMILES string of the molecule is [2H]C1([2H])c2c(C)cccc2[C@@]2(C)N=C(c3cc(C(C)C)cc(S(=O)(=O)c4ccc5c(c4)N(c4cc(C(C)(C)C)ccn4)c4ccccc4C5(C)C)c3)O[C@@]12C. The quantitative estimate of drug-likeness (QED) is 0.180. The van der Waals surface area contributed by atoms with Gasteiger partial charge in [-0.25, -0.2) is 18.4 Å². The second kappa shape index (κ2) is 11.6. The van der Waals surface area contributed by atoms with Crippen LogP contribution in [-0.4, -0.2) is 24.9 Å². The second-order valence-electron chi connectivity index (χ2n) is 17.0. The Balaban J connectivity index is 1.28. The number of benzene rings is 4. The van der Waals surface area contributed by atoms with Crippen LogP contribution in [-0.2, 0) is 37.3 Å². The maximum Gasteiger partial charge on any atom is 0.217 e. The third-order valence-electron chi connectivity index (χ3n) is 11.7. The minimum atomic E-state index is -4.09. The Hall–Kier alpha value is -4.75. The van der Waals surface area contributed by atoms with Gasteiger partial charge in [0.15, 0.2) is 0 Å². The monoisotopic (exact) mass is 725 g/mol. The van der Waals surface area contributed by atoms with Gasteiger partial charge >= 0.3 is 0 Å². The summed E-state index contributed by atoms with van der Waals surface area (Å²) in [5.41, 5.74) is 5.62. The van der Waals surface area contributed by atoms with Gasteiger partial charge in [-0.1, -0.05) is 90.9 Å². The molecule has 53 heavy (non-hydrogen) atoms. The number of aromatic nitrogens is 1. The summed E-state index contributed by atoms with van der Waals surface area (Å²) in [5.74, 6) is 0.949. The van der Waals surface area contributed by atoms with Crippen LogP contribution < -0.4 is 4.90 Å². The van der Waals surface area contributed by atoms with Crippen LogP contribution in [0, 0.1) is 6.92 Å². The van der Waals surface area contributed by atoms with E-state index in [-0.39, 0.29) is 27.0 Å². The van der Waals surface area contributed by atoms with Crippen LogP contribution in [0.1, 0.15) is 115 Å². The Labute approximate surface area is 317 Å². The van der Waals surface area contributed by atoms with Gasteiger partial charge in [0, 0.05) is 26.3 Å². The summed E-state index contributed by atoms with van der Waals surface area (Å²) in [4.78, 5) is 12.3. The van der Waals surface area contributed by atoms with E-state index in [1.54, 1.807) is 31.2 Å². The topological polar surface area (TPSA) is 71.9 Å². The van der Waals surface area contributed by atoms with Crippen molar-refractivity contribution in [2.24, 2.45) is 4.99 Å². The van der Waals surface area contributed by atoms with E-state index in [1.807, 2.05) is 82.4 Å². The van der Waals surface area contributed by atoms with Gasteiger partial charge < -0.3 is 4.74 Å². The molecule has 0 saturated heterocycles. The van der Waals surface area contributed by atoms with E-state index in [0.29, 0.717) is 11.1 Å². The lowest BCUT2D eigenvalue weighted by molar-refractivity contribution is 0.0475. The molecule has 4 aromatic carbocycles. The van der Waals surface area contributed by atoms with Crippen LogP contribution in [0.5, 0.6) is 0 Å². The predicted octanol–water partition coefficient (Wildman–Crippen LogP) is 10.8. The van der Waals surface area contributed by atoms with Crippen LogP contribution in [0.4, 0.5) is 17.2 Å². The summed E-state index contributed by atoms with van der Waals surface area (Å²) >= 11 is 0. The second-order valence-corrected chi connectivity index (χ2v) is 19.0. The number of pyridine rings is 1. The van der Waals surface area contributed by atoms with E-state index in [4.69, 9.17) is 14.7 Å². The molecule has 0 radical (unpaired) electrons. The van der Waals surface area contributed by atoms with Crippen LogP contribution in [0.25, 0.3) is 0 Å². The summed E-state index contributed by atoms with van der Waals surface area (Å²) in [5, 5.41) is 0. The van der Waals surface area contributed by atoms with Gasteiger partial charge in [0.1, 0.15) is 17.0 Å². The van der Waals surface area contributed by atoms with Crippen LogP contribution in [0.3, 0.4) is 0 Å². The zero-order valence-corrected chi connectivity index (χ0v) is 33.1. The molecule has 6 nitrogen and oxygen atoms in total. The number of ether oxygens (including phenoxy) is 1. The summed E-state index contributed by atoms with van der Waals surface area (Å²) in [6.07, 6.45) is -0.0214. The third-order valence-corrected chi connectivity index (χ3v) is 13.5. The van der Waals surface area contributed by atoms with Crippen LogP contribution in [0.15, 0.2) is 112 Å². The Morgan fingerprint density at radius 1 is 0.830 bits per heavy atom. The zero-order valence-electron chi connectivity index (χ0n) is 34.3. The molecule has 7 heteroatoms. The molecule has 0 bridgehead atoms. The van der Waals surface area contributed by atoms with E-state index < -0.39 is 32.8 Å². The van der Waals surface area contributed by atoms with Crippen molar-refractivity contribution >= 4 is 32.9 Å². The summed E-state index contributed by atoms with van der Waals surface area (Å²) < 4.78 is 55.1. The van der Waals surface area contributed by atoms with Crippen molar-refractivity contribution in [2.45, 2.75) is 113 Å². The van der Waals surface area contributed by atoms with Gasteiger partial charge in [-0.15, -0.1) is 0 Å². The smallest absolute Gasteiger partial charge is 0.217 e. The van der Waals surface area contributed by atoms with Gasteiger partial charge in [-0.3, -0.25) is 4.90 Å². The number of anilines is 3. The highest BCUT2D eigenvalue weighted by Crippen LogP contribution is 2.55. The number of rotatable bonds is 5. The first-order valence-electron chi connectivity index (χ1n) is 19.4. The lowest BCUT2D eigenvalue weighted by atomic mass is 9.73. The van der Waals surface area contributed by atoms with E-state index in [9.17, 15) is 11.2 Å². The molecular formula is C46H49N3O3S. The van der Waals surface area contributed by atoms with Crippen molar-refractivity contribution in [1.82, 2.24) is 4.98 Å². The van der Waals surface area contributed by atoms with Gasteiger partial charge in [-0.05, 0) is 120 Å². The van der Waals surface area contributed by atoms with E-state index in [1.165, 1.54) is 0 Å². The first-order chi connectivity index (χ1) is 25.6. The highest BCUT2D eigenvalue weighted by Gasteiger charge is 2.59. The molecule has 0 fully saturated rings.